The van der Waals surface area contributed by atoms with Crippen LogP contribution in [0.15, 0.2) is 30.6 Å². The Labute approximate surface area is 214 Å². The third kappa shape index (κ3) is 16.0. The zero-order valence-corrected chi connectivity index (χ0v) is 22.5. The minimum Gasteiger partial charge on any atom is -0.463 e. The van der Waals surface area contributed by atoms with Gasteiger partial charge < -0.3 is 14.2 Å². The highest BCUT2D eigenvalue weighted by atomic mass is 16.7. The molecule has 5 heteroatoms. The summed E-state index contributed by atoms with van der Waals surface area (Å²) in [6, 6.07) is 6.10. The maximum atomic E-state index is 12.0. The number of aryl methyl sites for hydroxylation is 1. The smallest absolute Gasteiger partial charge is 0.305 e. The maximum Gasteiger partial charge on any atom is 0.305 e. The molecule has 1 aliphatic heterocycles. The van der Waals surface area contributed by atoms with Gasteiger partial charge in [0.1, 0.15) is 19.3 Å². The molecule has 0 saturated carbocycles. The number of carbonyl (C=O) groups is 1. The van der Waals surface area contributed by atoms with E-state index in [0.29, 0.717) is 19.6 Å². The first-order valence-electron chi connectivity index (χ1n) is 14.6. The van der Waals surface area contributed by atoms with Crippen LogP contribution in [0.3, 0.4) is 0 Å². The van der Waals surface area contributed by atoms with E-state index in [0.717, 1.165) is 38.6 Å². The van der Waals surface area contributed by atoms with Gasteiger partial charge in [-0.15, -0.1) is 0 Å². The van der Waals surface area contributed by atoms with Gasteiger partial charge in [0.2, 0.25) is 0 Å². The van der Waals surface area contributed by atoms with Gasteiger partial charge in [0.15, 0.2) is 18.7 Å². The van der Waals surface area contributed by atoms with E-state index in [1.165, 1.54) is 77.0 Å². The summed E-state index contributed by atoms with van der Waals surface area (Å²) in [6.07, 6.45) is 26.0. The molecule has 0 radical (unpaired) electrons. The van der Waals surface area contributed by atoms with Crippen LogP contribution in [0.4, 0.5) is 0 Å². The van der Waals surface area contributed by atoms with E-state index in [9.17, 15) is 4.79 Å². The van der Waals surface area contributed by atoms with Crippen LogP contribution in [0, 0.1) is 0 Å². The van der Waals surface area contributed by atoms with E-state index in [1.807, 2.05) is 18.2 Å². The maximum absolute atomic E-state index is 12.0. The molecule has 200 valence electrons. The molecule has 0 bridgehead atoms. The fourth-order valence-electron chi connectivity index (χ4n) is 4.66. The number of unbranched alkanes of at least 4 members (excludes halogenated alkanes) is 14. The lowest BCUT2D eigenvalue weighted by molar-refractivity contribution is -0.697. The van der Waals surface area contributed by atoms with E-state index < -0.39 is 0 Å². The molecule has 0 amide bonds. The molecule has 5 nitrogen and oxygen atoms in total. The van der Waals surface area contributed by atoms with Crippen LogP contribution in [0.5, 0.6) is 0 Å². The second kappa shape index (κ2) is 20.7. The SMILES string of the molecule is CCCCCCCCCCCCCCC[C@@H]1OC[C@@H](COC(=O)CCCCC[n+]2ccccc2)O1. The third-order valence-corrected chi connectivity index (χ3v) is 6.86. The Morgan fingerprint density at radius 3 is 2.06 bits per heavy atom. The lowest BCUT2D eigenvalue weighted by atomic mass is 10.0. The molecule has 1 aliphatic rings. The summed E-state index contributed by atoms with van der Waals surface area (Å²) in [5, 5.41) is 0. The van der Waals surface area contributed by atoms with Gasteiger partial charge in [-0.1, -0.05) is 90.0 Å². The van der Waals surface area contributed by atoms with Crippen molar-refractivity contribution in [1.29, 1.82) is 0 Å². The minimum absolute atomic E-state index is 0.111. The summed E-state index contributed by atoms with van der Waals surface area (Å²) in [7, 11) is 0. The van der Waals surface area contributed by atoms with E-state index in [4.69, 9.17) is 14.2 Å². The Kier molecular flexibility index (Phi) is 17.6. The van der Waals surface area contributed by atoms with E-state index in [1.54, 1.807) is 0 Å². The Balaban J connectivity index is 1.33. The van der Waals surface area contributed by atoms with Crippen LogP contribution in [0.25, 0.3) is 0 Å². The van der Waals surface area contributed by atoms with E-state index in [2.05, 4.69) is 23.9 Å². The summed E-state index contributed by atoms with van der Waals surface area (Å²) in [4.78, 5) is 12.0. The van der Waals surface area contributed by atoms with Gasteiger partial charge in [0, 0.05) is 25.0 Å². The standard InChI is InChI=1S/C30H52NO4/c1-2-3-4-5-6-7-8-9-10-11-12-13-17-22-30-34-27-28(35-30)26-33-29(32)21-16-14-18-23-31-24-19-15-20-25-31/h15,19-20,24-25,28,30H,2-14,16-18,21-23,26-27H2,1H3/q+1/t28-,30-/m1/s1. The Morgan fingerprint density at radius 1 is 0.800 bits per heavy atom. The van der Waals surface area contributed by atoms with Gasteiger partial charge in [0.05, 0.1) is 6.61 Å². The highest BCUT2D eigenvalue weighted by Gasteiger charge is 2.26. The van der Waals surface area contributed by atoms with Crippen LogP contribution >= 0.6 is 0 Å². The number of nitrogens with zero attached hydrogens (tertiary/aromatic N) is 1. The normalized spacial score (nSPS) is 17.6. The zero-order chi connectivity index (χ0) is 24.8. The van der Waals surface area contributed by atoms with Crippen LogP contribution < -0.4 is 4.57 Å². The Morgan fingerprint density at radius 2 is 1.40 bits per heavy atom. The second-order valence-corrected chi connectivity index (χ2v) is 10.2. The molecule has 2 atom stereocenters. The number of pyridine rings is 1. The van der Waals surface area contributed by atoms with Gasteiger partial charge in [-0.3, -0.25) is 4.79 Å². The molecule has 0 spiro atoms. The molecule has 0 aromatic carbocycles. The van der Waals surface area contributed by atoms with Gasteiger partial charge in [-0.25, -0.2) is 4.57 Å². The number of carbonyl (C=O) groups excluding carboxylic acids is 1. The summed E-state index contributed by atoms with van der Waals surface area (Å²) >= 11 is 0. The average Bonchev–Trinajstić information content (AvgIpc) is 3.34. The first kappa shape index (κ1) is 29.8. The van der Waals surface area contributed by atoms with Gasteiger partial charge in [-0.2, -0.15) is 0 Å². The van der Waals surface area contributed by atoms with E-state index >= 15 is 0 Å². The molecule has 1 saturated heterocycles. The minimum atomic E-state index is -0.124. The molecular weight excluding hydrogens is 438 g/mol. The van der Waals surface area contributed by atoms with Crippen LogP contribution in [0.2, 0.25) is 0 Å². The fourth-order valence-corrected chi connectivity index (χ4v) is 4.66. The fraction of sp³-hybridized carbons (Fsp3) is 0.800. The van der Waals surface area contributed by atoms with Crippen molar-refractivity contribution >= 4 is 5.97 Å². The summed E-state index contributed by atoms with van der Waals surface area (Å²) in [5.41, 5.74) is 0. The molecular formula is C30H52NO4+. The molecule has 0 aliphatic carbocycles. The molecule has 0 N–H and O–H groups in total. The van der Waals surface area contributed by atoms with Crippen molar-refractivity contribution in [3.63, 3.8) is 0 Å². The average molecular weight is 491 g/mol. The lowest BCUT2D eigenvalue weighted by Gasteiger charge is -2.12. The molecule has 2 rings (SSSR count). The van der Waals surface area contributed by atoms with Crippen molar-refractivity contribution in [2.45, 2.75) is 141 Å². The van der Waals surface area contributed by atoms with Crippen molar-refractivity contribution in [1.82, 2.24) is 0 Å². The number of hydrogen-bond donors (Lipinski definition) is 0. The predicted octanol–water partition coefficient (Wildman–Crippen LogP) is 7.30. The molecule has 0 unspecified atom stereocenters. The van der Waals surface area contributed by atoms with Crippen molar-refractivity contribution in [2.75, 3.05) is 13.2 Å². The highest BCUT2D eigenvalue weighted by molar-refractivity contribution is 5.69. The predicted molar refractivity (Wildman–Crippen MR) is 141 cm³/mol. The monoisotopic (exact) mass is 490 g/mol. The molecule has 1 fully saturated rings. The van der Waals surface area contributed by atoms with Gasteiger partial charge in [-0.05, 0) is 25.7 Å². The third-order valence-electron chi connectivity index (χ3n) is 6.86. The molecule has 35 heavy (non-hydrogen) atoms. The summed E-state index contributed by atoms with van der Waals surface area (Å²) < 4.78 is 19.2. The number of rotatable bonds is 22. The van der Waals surface area contributed by atoms with Crippen LogP contribution in [-0.4, -0.2) is 31.6 Å². The summed E-state index contributed by atoms with van der Waals surface area (Å²) in [6.45, 7) is 4.11. The van der Waals surface area contributed by atoms with E-state index in [-0.39, 0.29) is 18.4 Å². The summed E-state index contributed by atoms with van der Waals surface area (Å²) in [5.74, 6) is -0.124. The second-order valence-electron chi connectivity index (χ2n) is 10.2. The van der Waals surface area contributed by atoms with Crippen LogP contribution in [-0.2, 0) is 25.5 Å². The Hall–Kier alpha value is -1.46. The first-order chi connectivity index (χ1) is 17.3. The molecule has 1 aromatic heterocycles. The first-order valence-corrected chi connectivity index (χ1v) is 14.6. The quantitative estimate of drug-likeness (QED) is 0.0972. The van der Waals surface area contributed by atoms with Gasteiger partial charge in [0.25, 0.3) is 0 Å². The number of hydrogen-bond acceptors (Lipinski definition) is 4. The van der Waals surface area contributed by atoms with Crippen molar-refractivity contribution in [3.05, 3.63) is 30.6 Å². The lowest BCUT2D eigenvalue weighted by Crippen LogP contribution is -2.32. The number of esters is 1. The Bertz CT molecular complexity index is 624. The van der Waals surface area contributed by atoms with Crippen molar-refractivity contribution in [3.8, 4) is 0 Å². The largest absolute Gasteiger partial charge is 0.463 e. The van der Waals surface area contributed by atoms with Crippen LogP contribution in [0.1, 0.15) is 122 Å². The van der Waals surface area contributed by atoms with Crippen molar-refractivity contribution in [2.24, 2.45) is 0 Å². The molecule has 2 heterocycles. The number of aromatic nitrogens is 1. The molecule has 1 aromatic rings. The topological polar surface area (TPSA) is 48.6 Å². The number of ether oxygens (including phenoxy) is 3. The highest BCUT2D eigenvalue weighted by Crippen LogP contribution is 2.19. The van der Waals surface area contributed by atoms with Crippen molar-refractivity contribution < 1.29 is 23.6 Å². The zero-order valence-electron chi connectivity index (χ0n) is 22.5. The van der Waals surface area contributed by atoms with Gasteiger partial charge >= 0.3 is 5.97 Å².